The highest BCUT2D eigenvalue weighted by Crippen LogP contribution is 2.39. The molecule has 0 saturated carbocycles. The Balaban J connectivity index is 2.05. The molecule has 2 aromatic carbocycles. The van der Waals surface area contributed by atoms with Gasteiger partial charge >= 0.3 is 0 Å². The second-order valence-electron chi connectivity index (χ2n) is 7.21. The van der Waals surface area contributed by atoms with Crippen LogP contribution in [0.25, 0.3) is 11.1 Å². The lowest BCUT2D eigenvalue weighted by atomic mass is 9.83. The average Bonchev–Trinajstić information content (AvgIpc) is 2.53. The van der Waals surface area contributed by atoms with Crippen molar-refractivity contribution in [2.24, 2.45) is 5.41 Å². The molecular formula is C20H22FN3. The Bertz CT molecular complexity index is 797. The van der Waals surface area contributed by atoms with E-state index in [0.717, 1.165) is 42.0 Å². The predicted molar refractivity (Wildman–Crippen MR) is 95.3 cm³/mol. The highest BCUT2D eigenvalue weighted by molar-refractivity contribution is 5.80. The Hall–Kier alpha value is -2.38. The van der Waals surface area contributed by atoms with Crippen molar-refractivity contribution in [1.82, 2.24) is 5.32 Å². The standard InChI is InChI=1S/C20H22FN3/c1-20(2)12-24(13-20)19-7-4-14(11-23-3)8-17(19)15-5-6-16(10-22)18(21)9-15/h4-9,23H,11-13H2,1-3H3. The minimum absolute atomic E-state index is 0.0803. The van der Waals surface area contributed by atoms with Gasteiger partial charge in [0.2, 0.25) is 0 Å². The number of hydrogen-bond donors (Lipinski definition) is 1. The Morgan fingerprint density at radius 2 is 1.96 bits per heavy atom. The third-order valence-corrected chi connectivity index (χ3v) is 4.42. The normalized spacial score (nSPS) is 15.7. The van der Waals surface area contributed by atoms with E-state index in [1.807, 2.05) is 19.2 Å². The largest absolute Gasteiger partial charge is 0.370 e. The fraction of sp³-hybridized carbons (Fsp3) is 0.350. The lowest BCUT2D eigenvalue weighted by Gasteiger charge is -2.48. The number of hydrogen-bond acceptors (Lipinski definition) is 3. The number of benzene rings is 2. The number of halogens is 1. The second-order valence-corrected chi connectivity index (χ2v) is 7.21. The van der Waals surface area contributed by atoms with Crippen LogP contribution < -0.4 is 10.2 Å². The van der Waals surface area contributed by atoms with Crippen LogP contribution >= 0.6 is 0 Å². The molecule has 0 aromatic heterocycles. The first-order chi connectivity index (χ1) is 11.4. The summed E-state index contributed by atoms with van der Waals surface area (Å²) in [6.45, 7) is 7.24. The minimum atomic E-state index is -0.469. The molecule has 3 nitrogen and oxygen atoms in total. The van der Waals surface area contributed by atoms with Gasteiger partial charge in [0, 0.05) is 30.9 Å². The first-order valence-electron chi connectivity index (χ1n) is 8.16. The van der Waals surface area contributed by atoms with E-state index in [1.54, 1.807) is 6.07 Å². The van der Waals surface area contributed by atoms with Crippen molar-refractivity contribution in [3.05, 3.63) is 53.3 Å². The maximum atomic E-state index is 14.1. The first-order valence-corrected chi connectivity index (χ1v) is 8.16. The molecule has 124 valence electrons. The van der Waals surface area contributed by atoms with Gasteiger partial charge in [0.25, 0.3) is 0 Å². The Morgan fingerprint density at radius 3 is 2.54 bits per heavy atom. The van der Waals surface area contributed by atoms with Crippen LogP contribution in [0.15, 0.2) is 36.4 Å². The molecule has 24 heavy (non-hydrogen) atoms. The molecule has 0 bridgehead atoms. The summed E-state index contributed by atoms with van der Waals surface area (Å²) in [5.74, 6) is -0.469. The maximum absolute atomic E-state index is 14.1. The number of nitriles is 1. The van der Waals surface area contributed by atoms with Crippen LogP contribution in [0, 0.1) is 22.6 Å². The van der Waals surface area contributed by atoms with E-state index in [9.17, 15) is 4.39 Å². The number of rotatable bonds is 4. The van der Waals surface area contributed by atoms with Crippen LogP contribution in [0.1, 0.15) is 25.0 Å². The Labute approximate surface area is 142 Å². The van der Waals surface area contributed by atoms with Gasteiger partial charge in [-0.3, -0.25) is 0 Å². The van der Waals surface area contributed by atoms with Gasteiger partial charge in [-0.15, -0.1) is 0 Å². The SMILES string of the molecule is CNCc1ccc(N2CC(C)(C)C2)c(-c2ccc(C#N)c(F)c2)c1. The zero-order valence-electron chi connectivity index (χ0n) is 14.4. The third-order valence-electron chi connectivity index (χ3n) is 4.42. The lowest BCUT2D eigenvalue weighted by Crippen LogP contribution is -2.53. The van der Waals surface area contributed by atoms with Crippen molar-refractivity contribution in [3.8, 4) is 17.2 Å². The Morgan fingerprint density at radius 1 is 1.21 bits per heavy atom. The predicted octanol–water partition coefficient (Wildman–Crippen LogP) is 3.93. The van der Waals surface area contributed by atoms with Crippen molar-refractivity contribution in [2.75, 3.05) is 25.0 Å². The van der Waals surface area contributed by atoms with Gasteiger partial charge in [0.1, 0.15) is 11.9 Å². The van der Waals surface area contributed by atoms with Gasteiger partial charge in [-0.1, -0.05) is 26.0 Å². The van der Waals surface area contributed by atoms with E-state index >= 15 is 0 Å². The number of nitrogens with one attached hydrogen (secondary N) is 1. The van der Waals surface area contributed by atoms with Crippen LogP contribution in [0.5, 0.6) is 0 Å². The van der Waals surface area contributed by atoms with E-state index < -0.39 is 5.82 Å². The molecule has 2 aromatic rings. The summed E-state index contributed by atoms with van der Waals surface area (Å²) in [4.78, 5) is 2.33. The van der Waals surface area contributed by atoms with Gasteiger partial charge in [-0.2, -0.15) is 5.26 Å². The first kappa shape index (κ1) is 16.5. The molecule has 1 fully saturated rings. The third kappa shape index (κ3) is 3.13. The van der Waals surface area contributed by atoms with E-state index in [0.29, 0.717) is 5.41 Å². The summed E-state index contributed by atoms with van der Waals surface area (Å²) < 4.78 is 14.1. The molecule has 1 saturated heterocycles. The summed E-state index contributed by atoms with van der Waals surface area (Å²) in [7, 11) is 1.91. The molecule has 1 aliphatic rings. The van der Waals surface area contributed by atoms with E-state index in [-0.39, 0.29) is 5.56 Å². The van der Waals surface area contributed by atoms with Gasteiger partial charge in [0.05, 0.1) is 5.56 Å². The lowest BCUT2D eigenvalue weighted by molar-refractivity contribution is 0.277. The monoisotopic (exact) mass is 323 g/mol. The van der Waals surface area contributed by atoms with Crippen molar-refractivity contribution in [2.45, 2.75) is 20.4 Å². The number of anilines is 1. The quantitative estimate of drug-likeness (QED) is 0.926. The summed E-state index contributed by atoms with van der Waals surface area (Å²) in [6, 6.07) is 13.1. The van der Waals surface area contributed by atoms with Gasteiger partial charge in [-0.25, -0.2) is 4.39 Å². The van der Waals surface area contributed by atoms with Crippen molar-refractivity contribution >= 4 is 5.69 Å². The summed E-state index contributed by atoms with van der Waals surface area (Å²) in [5.41, 5.74) is 4.50. The van der Waals surface area contributed by atoms with Crippen LogP contribution in [0.4, 0.5) is 10.1 Å². The fourth-order valence-electron chi connectivity index (χ4n) is 3.33. The molecular weight excluding hydrogens is 301 g/mol. The minimum Gasteiger partial charge on any atom is -0.370 e. The van der Waals surface area contributed by atoms with Gasteiger partial charge in [0.15, 0.2) is 0 Å². The van der Waals surface area contributed by atoms with Crippen molar-refractivity contribution in [1.29, 1.82) is 5.26 Å². The molecule has 0 atom stereocenters. The molecule has 1 heterocycles. The van der Waals surface area contributed by atoms with Gasteiger partial charge in [-0.05, 0) is 47.9 Å². The van der Waals surface area contributed by atoms with Crippen LogP contribution in [0.3, 0.4) is 0 Å². The highest BCUT2D eigenvalue weighted by Gasteiger charge is 2.35. The van der Waals surface area contributed by atoms with Gasteiger partial charge < -0.3 is 10.2 Å². The van der Waals surface area contributed by atoms with E-state index in [1.165, 1.54) is 6.07 Å². The summed E-state index contributed by atoms with van der Waals surface area (Å²) in [6.07, 6.45) is 0. The second kappa shape index (κ2) is 6.26. The Kier molecular flexibility index (Phi) is 4.29. The van der Waals surface area contributed by atoms with Crippen LogP contribution in [-0.4, -0.2) is 20.1 Å². The van der Waals surface area contributed by atoms with E-state index in [2.05, 4.69) is 42.3 Å². The molecule has 0 aliphatic carbocycles. The molecule has 3 rings (SSSR count). The van der Waals surface area contributed by atoms with Crippen LogP contribution in [0.2, 0.25) is 0 Å². The van der Waals surface area contributed by atoms with Crippen molar-refractivity contribution < 1.29 is 4.39 Å². The molecule has 1 N–H and O–H groups in total. The topological polar surface area (TPSA) is 39.1 Å². The average molecular weight is 323 g/mol. The molecule has 4 heteroatoms. The fourth-order valence-corrected chi connectivity index (χ4v) is 3.33. The summed E-state index contributed by atoms with van der Waals surface area (Å²) in [5, 5.41) is 12.1. The maximum Gasteiger partial charge on any atom is 0.141 e. The molecule has 0 unspecified atom stereocenters. The van der Waals surface area contributed by atoms with E-state index in [4.69, 9.17) is 5.26 Å². The highest BCUT2D eigenvalue weighted by atomic mass is 19.1. The molecule has 1 aliphatic heterocycles. The van der Waals surface area contributed by atoms with Crippen LogP contribution in [-0.2, 0) is 6.54 Å². The zero-order chi connectivity index (χ0) is 17.3. The molecule has 0 radical (unpaired) electrons. The smallest absolute Gasteiger partial charge is 0.141 e. The summed E-state index contributed by atoms with van der Waals surface area (Å²) >= 11 is 0. The molecule has 0 amide bonds. The number of nitrogens with zero attached hydrogens (tertiary/aromatic N) is 2. The van der Waals surface area contributed by atoms with Crippen molar-refractivity contribution in [3.63, 3.8) is 0 Å². The molecule has 0 spiro atoms. The zero-order valence-corrected chi connectivity index (χ0v) is 14.4.